The molecule has 146 valence electrons. The molecule has 0 bridgehead atoms. The van der Waals surface area contributed by atoms with Gasteiger partial charge in [-0.15, -0.1) is 0 Å². The van der Waals surface area contributed by atoms with Gasteiger partial charge in [0.15, 0.2) is 0 Å². The lowest BCUT2D eigenvalue weighted by atomic mass is 10.1. The van der Waals surface area contributed by atoms with Crippen LogP contribution in [0.2, 0.25) is 0 Å². The summed E-state index contributed by atoms with van der Waals surface area (Å²) in [5.74, 6) is -0.991. The molecule has 0 aliphatic rings. The van der Waals surface area contributed by atoms with Crippen LogP contribution in [-0.2, 0) is 14.3 Å². The van der Waals surface area contributed by atoms with Gasteiger partial charge in [0.25, 0.3) is 0 Å². The summed E-state index contributed by atoms with van der Waals surface area (Å²) in [5.41, 5.74) is 0.855. The Balaban J connectivity index is 2.77. The largest absolute Gasteiger partial charge is 0.462 e. The molecule has 27 heavy (non-hydrogen) atoms. The number of ether oxygens (including phenoxy) is 1. The summed E-state index contributed by atoms with van der Waals surface area (Å²) in [6, 6.07) is 3.41. The predicted octanol–water partition coefficient (Wildman–Crippen LogP) is 1.52. The highest BCUT2D eigenvalue weighted by molar-refractivity contribution is 8.00. The van der Waals surface area contributed by atoms with E-state index in [2.05, 4.69) is 10.3 Å². The van der Waals surface area contributed by atoms with Gasteiger partial charge in [0.2, 0.25) is 11.8 Å². The molecule has 9 heteroatoms. The molecule has 1 N–H and O–H groups in total. The van der Waals surface area contributed by atoms with Gasteiger partial charge >= 0.3 is 5.97 Å². The number of nitrogens with one attached hydrogen (secondary N) is 1. The fraction of sp³-hybridized carbons (Fsp3) is 0.500. The maximum absolute atomic E-state index is 12.2. The quantitative estimate of drug-likeness (QED) is 0.501. The molecule has 0 unspecified atom stereocenters. The number of esters is 1. The van der Waals surface area contributed by atoms with Crippen molar-refractivity contribution in [1.29, 1.82) is 5.26 Å². The molecule has 8 nitrogen and oxygen atoms in total. The fourth-order valence-electron chi connectivity index (χ4n) is 2.05. The number of hydrogen-bond donors (Lipinski definition) is 1. The average Bonchev–Trinajstić information content (AvgIpc) is 2.64. The minimum atomic E-state index is -0.538. The average molecular weight is 392 g/mol. The van der Waals surface area contributed by atoms with Crippen molar-refractivity contribution in [2.75, 3.05) is 32.5 Å². The second-order valence-corrected chi connectivity index (χ2v) is 6.66. The molecule has 0 aromatic carbocycles. The monoisotopic (exact) mass is 392 g/mol. The maximum Gasteiger partial charge on any atom is 0.340 e. The number of thioether (sulfide) groups is 1. The molecule has 1 heterocycles. The Kier molecular flexibility index (Phi) is 9.30. The van der Waals surface area contributed by atoms with Crippen LogP contribution in [-0.4, -0.2) is 60.2 Å². The number of hydrogen-bond acceptors (Lipinski definition) is 7. The molecule has 0 saturated heterocycles. The first-order chi connectivity index (χ1) is 12.8. The highest BCUT2D eigenvalue weighted by Gasteiger charge is 2.18. The number of nitrogens with zero attached hydrogens (tertiary/aromatic N) is 3. The van der Waals surface area contributed by atoms with Crippen LogP contribution in [0.3, 0.4) is 0 Å². The lowest BCUT2D eigenvalue weighted by Crippen LogP contribution is -2.39. The lowest BCUT2D eigenvalue weighted by Gasteiger charge is -2.16. The van der Waals surface area contributed by atoms with Crippen LogP contribution in [0.1, 0.15) is 41.9 Å². The standard InChI is InChI=1S/C18H24N4O4S/c1-5-7-20-15(23)10-22(4)16(24)11-27-17-13(9-19)8-14(12(3)21-17)18(25)26-6-2/h8H,5-7,10-11H2,1-4H3,(H,20,23). The Hall–Kier alpha value is -2.60. The van der Waals surface area contributed by atoms with Crippen LogP contribution in [0, 0.1) is 18.3 Å². The number of carbonyl (C=O) groups excluding carboxylic acids is 3. The van der Waals surface area contributed by atoms with Crippen LogP contribution < -0.4 is 5.32 Å². The molecule has 1 aromatic rings. The van der Waals surface area contributed by atoms with Gasteiger partial charge in [-0.05, 0) is 26.3 Å². The van der Waals surface area contributed by atoms with Crippen molar-refractivity contribution in [2.45, 2.75) is 32.2 Å². The summed E-state index contributed by atoms with van der Waals surface area (Å²) < 4.78 is 4.95. The molecule has 0 aliphatic carbocycles. The number of amides is 2. The molecular formula is C18H24N4O4S. The number of likely N-dealkylation sites (N-methyl/N-ethyl adjacent to an activating group) is 1. The van der Waals surface area contributed by atoms with Crippen LogP contribution in [0.4, 0.5) is 0 Å². The topological polar surface area (TPSA) is 112 Å². The number of aryl methyl sites for hydroxylation is 1. The number of aromatic nitrogens is 1. The van der Waals surface area contributed by atoms with E-state index in [1.165, 1.54) is 11.0 Å². The van der Waals surface area contributed by atoms with Crippen molar-refractivity contribution in [3.63, 3.8) is 0 Å². The normalized spacial score (nSPS) is 10.0. The zero-order valence-corrected chi connectivity index (χ0v) is 16.8. The number of nitriles is 1. The van der Waals surface area contributed by atoms with E-state index in [4.69, 9.17) is 4.74 Å². The summed E-state index contributed by atoms with van der Waals surface area (Å²) in [7, 11) is 1.54. The molecule has 0 aliphatic heterocycles. The first-order valence-corrected chi connectivity index (χ1v) is 9.54. The van der Waals surface area contributed by atoms with Gasteiger partial charge in [0.05, 0.1) is 35.7 Å². The van der Waals surface area contributed by atoms with Crippen molar-refractivity contribution >= 4 is 29.5 Å². The van der Waals surface area contributed by atoms with Crippen LogP contribution in [0.5, 0.6) is 0 Å². The number of pyridine rings is 1. The summed E-state index contributed by atoms with van der Waals surface area (Å²) >= 11 is 1.09. The third-order valence-corrected chi connectivity index (χ3v) is 4.48. The van der Waals surface area contributed by atoms with E-state index in [1.54, 1.807) is 20.9 Å². The van der Waals surface area contributed by atoms with Crippen LogP contribution >= 0.6 is 11.8 Å². The van der Waals surface area contributed by atoms with E-state index in [-0.39, 0.29) is 41.8 Å². The summed E-state index contributed by atoms with van der Waals surface area (Å²) in [5, 5.41) is 12.4. The van der Waals surface area contributed by atoms with Crippen molar-refractivity contribution in [3.05, 3.63) is 22.9 Å². The molecule has 0 saturated carbocycles. The zero-order chi connectivity index (χ0) is 20.4. The van der Waals surface area contributed by atoms with Gasteiger partial charge in [-0.25, -0.2) is 9.78 Å². The van der Waals surface area contributed by atoms with Crippen molar-refractivity contribution < 1.29 is 19.1 Å². The fourth-order valence-corrected chi connectivity index (χ4v) is 3.00. The maximum atomic E-state index is 12.2. The SMILES string of the molecule is CCCNC(=O)CN(C)C(=O)CSc1nc(C)c(C(=O)OCC)cc1C#N. The van der Waals surface area contributed by atoms with Crippen molar-refractivity contribution in [3.8, 4) is 6.07 Å². The first kappa shape index (κ1) is 22.4. The molecule has 2 amide bonds. The van der Waals surface area contributed by atoms with Crippen LogP contribution in [0.25, 0.3) is 0 Å². The van der Waals surface area contributed by atoms with Gasteiger partial charge in [-0.1, -0.05) is 18.7 Å². The second kappa shape index (κ2) is 11.2. The number of carbonyl (C=O) groups is 3. The van der Waals surface area contributed by atoms with E-state index >= 15 is 0 Å². The van der Waals surface area contributed by atoms with Crippen LogP contribution in [0.15, 0.2) is 11.1 Å². The summed E-state index contributed by atoms with van der Waals surface area (Å²) in [6.07, 6.45) is 0.822. The zero-order valence-electron chi connectivity index (χ0n) is 16.0. The highest BCUT2D eigenvalue weighted by atomic mass is 32.2. The molecule has 0 spiro atoms. The van der Waals surface area contributed by atoms with Gasteiger partial charge in [0.1, 0.15) is 11.1 Å². The Labute approximate surface area is 163 Å². The molecule has 0 radical (unpaired) electrons. The van der Waals surface area contributed by atoms with Crippen molar-refractivity contribution in [1.82, 2.24) is 15.2 Å². The van der Waals surface area contributed by atoms with Gasteiger partial charge < -0.3 is 15.0 Å². The predicted molar refractivity (Wildman–Crippen MR) is 101 cm³/mol. The van der Waals surface area contributed by atoms with E-state index in [0.29, 0.717) is 17.3 Å². The van der Waals surface area contributed by atoms with E-state index in [9.17, 15) is 19.6 Å². The minimum absolute atomic E-state index is 0.0252. The molecular weight excluding hydrogens is 368 g/mol. The Bertz CT molecular complexity index is 746. The molecule has 0 atom stereocenters. The summed E-state index contributed by atoms with van der Waals surface area (Å²) in [6.45, 7) is 6.05. The third-order valence-electron chi connectivity index (χ3n) is 3.50. The van der Waals surface area contributed by atoms with Gasteiger partial charge in [-0.3, -0.25) is 9.59 Å². The van der Waals surface area contributed by atoms with Gasteiger partial charge in [0, 0.05) is 13.6 Å². The van der Waals surface area contributed by atoms with E-state index in [1.807, 2.05) is 13.0 Å². The first-order valence-electron chi connectivity index (χ1n) is 8.56. The third kappa shape index (κ3) is 6.90. The lowest BCUT2D eigenvalue weighted by molar-refractivity contribution is -0.132. The Morgan fingerprint density at radius 1 is 1.37 bits per heavy atom. The van der Waals surface area contributed by atoms with Crippen molar-refractivity contribution in [2.24, 2.45) is 0 Å². The Morgan fingerprint density at radius 3 is 2.67 bits per heavy atom. The van der Waals surface area contributed by atoms with Gasteiger partial charge in [-0.2, -0.15) is 5.26 Å². The molecule has 0 fully saturated rings. The smallest absolute Gasteiger partial charge is 0.340 e. The van der Waals surface area contributed by atoms with E-state index in [0.717, 1.165) is 18.2 Å². The summed E-state index contributed by atoms with van der Waals surface area (Å²) in [4.78, 5) is 41.4. The van der Waals surface area contributed by atoms with E-state index < -0.39 is 5.97 Å². The molecule has 1 rings (SSSR count). The number of rotatable bonds is 9. The minimum Gasteiger partial charge on any atom is -0.462 e. The highest BCUT2D eigenvalue weighted by Crippen LogP contribution is 2.23. The Morgan fingerprint density at radius 2 is 2.07 bits per heavy atom. The second-order valence-electron chi connectivity index (χ2n) is 5.69. The molecule has 1 aromatic heterocycles.